The van der Waals surface area contributed by atoms with Gasteiger partial charge in [0.1, 0.15) is 12.4 Å². The van der Waals surface area contributed by atoms with Crippen molar-refractivity contribution in [3.8, 4) is 12.3 Å². The van der Waals surface area contributed by atoms with Crippen LogP contribution in [0.4, 0.5) is 14.5 Å². The lowest BCUT2D eigenvalue weighted by Crippen LogP contribution is -2.36. The minimum absolute atomic E-state index is 0.314. The molecule has 0 aliphatic heterocycles. The number of carbonyl (C=O) groups excluding carboxylic acids is 1. The van der Waals surface area contributed by atoms with E-state index in [0.717, 1.165) is 0 Å². The average molecular weight is 298 g/mol. The fourth-order valence-corrected chi connectivity index (χ4v) is 1.51. The number of nitro groups is 1. The number of hydrogen-bond acceptors (Lipinski definition) is 4. The fraction of sp³-hybridized carbons (Fsp3) is 0.167. The van der Waals surface area contributed by atoms with Crippen molar-refractivity contribution in [2.45, 2.75) is 0 Å². The van der Waals surface area contributed by atoms with Crippen LogP contribution in [0, 0.1) is 34.1 Å². The van der Waals surface area contributed by atoms with Crippen molar-refractivity contribution >= 4 is 17.6 Å². The summed E-state index contributed by atoms with van der Waals surface area (Å²) in [5.41, 5.74) is -2.19. The van der Waals surface area contributed by atoms with Crippen molar-refractivity contribution in [3.63, 3.8) is 0 Å². The van der Waals surface area contributed by atoms with Crippen molar-refractivity contribution < 1.29 is 28.4 Å². The smallest absolute Gasteiger partial charge is 0.323 e. The van der Waals surface area contributed by atoms with Crippen LogP contribution in [0.1, 0.15) is 10.4 Å². The Morgan fingerprint density at radius 2 is 2.05 bits per heavy atom. The topological polar surface area (TPSA) is 101 Å². The lowest BCUT2D eigenvalue weighted by Gasteiger charge is -2.18. The van der Waals surface area contributed by atoms with Gasteiger partial charge in [-0.25, -0.2) is 4.39 Å². The summed E-state index contributed by atoms with van der Waals surface area (Å²) in [5.74, 6) is -3.46. The molecule has 0 aliphatic carbocycles. The second kappa shape index (κ2) is 6.42. The molecule has 0 saturated heterocycles. The maximum absolute atomic E-state index is 13.8. The van der Waals surface area contributed by atoms with Gasteiger partial charge in [-0.1, -0.05) is 5.92 Å². The normalized spacial score (nSPS) is 9.76. The molecule has 1 aromatic carbocycles. The molecule has 0 spiro atoms. The molecular weight excluding hydrogens is 290 g/mol. The van der Waals surface area contributed by atoms with Crippen LogP contribution in [0.2, 0.25) is 0 Å². The standard InChI is InChI=1S/C12H8F2N2O5/c1-2-3-15(6-10(17)18)12(19)8-4-7(13)5-9(11(8)14)16(20)21/h1,4-5H,3,6H2,(H,17,18). The third-order valence-electron chi connectivity index (χ3n) is 2.34. The molecule has 0 bridgehead atoms. The number of amides is 1. The van der Waals surface area contributed by atoms with Crippen LogP contribution in [-0.4, -0.2) is 39.9 Å². The summed E-state index contributed by atoms with van der Waals surface area (Å²) >= 11 is 0. The molecule has 0 heterocycles. The van der Waals surface area contributed by atoms with Crippen molar-refractivity contribution in [2.24, 2.45) is 0 Å². The molecule has 0 radical (unpaired) electrons. The maximum Gasteiger partial charge on any atom is 0.323 e. The Morgan fingerprint density at radius 1 is 1.43 bits per heavy atom. The number of nitro benzene ring substituents is 1. The Hall–Kier alpha value is -3.02. The highest BCUT2D eigenvalue weighted by atomic mass is 19.1. The first-order valence-corrected chi connectivity index (χ1v) is 5.36. The van der Waals surface area contributed by atoms with Gasteiger partial charge >= 0.3 is 11.7 Å². The highest BCUT2D eigenvalue weighted by Crippen LogP contribution is 2.23. The monoisotopic (exact) mass is 298 g/mol. The first-order valence-electron chi connectivity index (χ1n) is 5.36. The van der Waals surface area contributed by atoms with Crippen LogP contribution in [0.15, 0.2) is 12.1 Å². The zero-order valence-corrected chi connectivity index (χ0v) is 10.4. The SMILES string of the molecule is C#CCN(CC(=O)O)C(=O)c1cc(F)cc([N+](=O)[O-])c1F. The number of aliphatic carboxylic acids is 1. The van der Waals surface area contributed by atoms with E-state index in [2.05, 4.69) is 0 Å². The van der Waals surface area contributed by atoms with Crippen LogP contribution in [0.5, 0.6) is 0 Å². The van der Waals surface area contributed by atoms with Gasteiger partial charge in [0.05, 0.1) is 23.1 Å². The molecule has 21 heavy (non-hydrogen) atoms. The predicted molar refractivity (Wildman–Crippen MR) is 65.4 cm³/mol. The van der Waals surface area contributed by atoms with E-state index in [-0.39, 0.29) is 0 Å². The molecule has 0 atom stereocenters. The quantitative estimate of drug-likeness (QED) is 0.497. The van der Waals surface area contributed by atoms with E-state index in [1.807, 2.05) is 5.92 Å². The number of nitrogens with zero attached hydrogens (tertiary/aromatic N) is 2. The molecular formula is C12H8F2N2O5. The minimum atomic E-state index is -1.56. The molecule has 0 aliphatic rings. The second-order valence-corrected chi connectivity index (χ2v) is 3.80. The lowest BCUT2D eigenvalue weighted by molar-refractivity contribution is -0.387. The van der Waals surface area contributed by atoms with Gasteiger partial charge in [0, 0.05) is 0 Å². The van der Waals surface area contributed by atoms with Crippen molar-refractivity contribution in [1.29, 1.82) is 0 Å². The number of carboxylic acid groups (broad SMARTS) is 1. The molecule has 0 fully saturated rings. The second-order valence-electron chi connectivity index (χ2n) is 3.80. The van der Waals surface area contributed by atoms with Gasteiger partial charge in [0.15, 0.2) is 0 Å². The van der Waals surface area contributed by atoms with Gasteiger partial charge in [-0.05, 0) is 6.07 Å². The molecule has 1 N–H and O–H groups in total. The molecule has 1 aromatic rings. The van der Waals surface area contributed by atoms with Gasteiger partial charge < -0.3 is 10.0 Å². The predicted octanol–water partition coefficient (Wildman–Crippen LogP) is 1.03. The highest BCUT2D eigenvalue weighted by Gasteiger charge is 2.27. The molecule has 0 saturated carbocycles. The summed E-state index contributed by atoms with van der Waals surface area (Å²) in [7, 11) is 0. The van der Waals surface area contributed by atoms with Crippen LogP contribution < -0.4 is 0 Å². The number of hydrogen-bond donors (Lipinski definition) is 1. The third-order valence-corrected chi connectivity index (χ3v) is 2.34. The molecule has 0 aromatic heterocycles. The van der Waals surface area contributed by atoms with Gasteiger partial charge in [0.25, 0.3) is 5.91 Å². The number of benzene rings is 1. The van der Waals surface area contributed by atoms with Crippen LogP contribution in [-0.2, 0) is 4.79 Å². The number of terminal acetylenes is 1. The summed E-state index contributed by atoms with van der Waals surface area (Å²) in [6.07, 6.45) is 4.95. The van der Waals surface area contributed by atoms with Crippen LogP contribution in [0.3, 0.4) is 0 Å². The van der Waals surface area contributed by atoms with E-state index in [1.54, 1.807) is 0 Å². The van der Waals surface area contributed by atoms with E-state index in [1.165, 1.54) is 0 Å². The summed E-state index contributed by atoms with van der Waals surface area (Å²) < 4.78 is 27.1. The Bertz CT molecular complexity index is 654. The maximum atomic E-state index is 13.8. The number of halogens is 2. The van der Waals surface area contributed by atoms with Crippen molar-refractivity contribution in [3.05, 3.63) is 39.4 Å². The highest BCUT2D eigenvalue weighted by molar-refractivity contribution is 5.96. The number of carboxylic acids is 1. The first-order chi connectivity index (χ1) is 9.77. The van der Waals surface area contributed by atoms with E-state index >= 15 is 0 Å². The fourth-order valence-electron chi connectivity index (χ4n) is 1.51. The third kappa shape index (κ3) is 3.73. The Morgan fingerprint density at radius 3 is 2.52 bits per heavy atom. The van der Waals surface area contributed by atoms with Crippen molar-refractivity contribution in [2.75, 3.05) is 13.1 Å². The van der Waals surface area contributed by atoms with Crippen LogP contribution in [0.25, 0.3) is 0 Å². The van der Waals surface area contributed by atoms with Crippen LogP contribution >= 0.6 is 0 Å². The van der Waals surface area contributed by atoms with Gasteiger partial charge in [-0.3, -0.25) is 19.7 Å². The van der Waals surface area contributed by atoms with E-state index in [9.17, 15) is 28.5 Å². The Labute approximate surface area is 116 Å². The summed E-state index contributed by atoms with van der Waals surface area (Å²) in [4.78, 5) is 32.5. The molecule has 110 valence electrons. The van der Waals surface area contributed by atoms with Crippen molar-refractivity contribution in [1.82, 2.24) is 4.90 Å². The summed E-state index contributed by atoms with van der Waals surface area (Å²) in [6.45, 7) is -1.33. The summed E-state index contributed by atoms with van der Waals surface area (Å²) in [5, 5.41) is 19.2. The molecule has 1 rings (SSSR count). The number of carbonyl (C=O) groups is 2. The molecule has 9 heteroatoms. The van der Waals surface area contributed by atoms with E-state index in [4.69, 9.17) is 11.5 Å². The zero-order chi connectivity index (χ0) is 16.2. The zero-order valence-electron chi connectivity index (χ0n) is 10.4. The van der Waals surface area contributed by atoms with Gasteiger partial charge in [-0.15, -0.1) is 6.42 Å². The Kier molecular flexibility index (Phi) is 4.91. The van der Waals surface area contributed by atoms with E-state index in [0.29, 0.717) is 17.0 Å². The average Bonchev–Trinajstić information content (AvgIpc) is 2.39. The molecule has 7 nitrogen and oxygen atoms in total. The first kappa shape index (κ1) is 16.0. The minimum Gasteiger partial charge on any atom is -0.480 e. The molecule has 0 unspecified atom stereocenters. The van der Waals surface area contributed by atoms with Gasteiger partial charge in [0.2, 0.25) is 5.82 Å². The molecule has 1 amide bonds. The number of rotatable bonds is 5. The largest absolute Gasteiger partial charge is 0.480 e. The summed E-state index contributed by atoms with van der Waals surface area (Å²) in [6, 6.07) is 0.755. The Balaban J connectivity index is 3.31. The van der Waals surface area contributed by atoms with E-state index < -0.39 is 52.8 Å². The van der Waals surface area contributed by atoms with Gasteiger partial charge in [-0.2, -0.15) is 4.39 Å². The lowest BCUT2D eigenvalue weighted by atomic mass is 10.1.